The van der Waals surface area contributed by atoms with E-state index >= 15 is 0 Å². The van der Waals surface area contributed by atoms with Gasteiger partial charge in [0.2, 0.25) is 17.7 Å². The normalized spacial score (nSPS) is 21.2. The molecule has 17 heteroatoms. The standard InChI is InChI=1S/C36H40F3N9O5/c1-19-23-11-27(33(51)45-32-22(7-8-29(44-32)36(37,38)39)18-53-10-6-9-35(4,5)34(52)43-13-23)48(19)30(50)17-47-28-16-42-26(24-14-40-21(3)41-15-24)12-25(28)31(46-47)20(2)49/h7-8,12,14-16,19,23,27H,6,9-11,13,17-18H2,1-5H3,(H,43,52)(H,44,45,51)/t19-,23-,27+/m1/s1. The van der Waals surface area contributed by atoms with Gasteiger partial charge in [0, 0.05) is 60.4 Å². The number of carbonyl (C=O) groups is 4. The van der Waals surface area contributed by atoms with Gasteiger partial charge in [0.05, 0.1) is 24.0 Å². The summed E-state index contributed by atoms with van der Waals surface area (Å²) in [6.07, 6.45) is 1.02. The van der Waals surface area contributed by atoms with Crippen molar-refractivity contribution in [1.29, 1.82) is 0 Å². The number of anilines is 1. The molecule has 1 saturated heterocycles. The molecule has 0 saturated carbocycles. The second kappa shape index (κ2) is 14.6. The summed E-state index contributed by atoms with van der Waals surface area (Å²) in [5.74, 6) is -1.96. The number of nitrogens with zero attached hydrogens (tertiary/aromatic N) is 7. The van der Waals surface area contributed by atoms with Gasteiger partial charge in [-0.2, -0.15) is 18.3 Å². The van der Waals surface area contributed by atoms with Gasteiger partial charge in [-0.05, 0) is 51.2 Å². The van der Waals surface area contributed by atoms with E-state index in [1.165, 1.54) is 28.8 Å². The molecule has 0 aromatic carbocycles. The van der Waals surface area contributed by atoms with Gasteiger partial charge < -0.3 is 20.3 Å². The fraction of sp³-hybridized carbons (Fsp3) is 0.472. The van der Waals surface area contributed by atoms with E-state index in [-0.39, 0.29) is 67.4 Å². The predicted octanol–water partition coefficient (Wildman–Crippen LogP) is 4.51. The lowest BCUT2D eigenvalue weighted by molar-refractivity contribution is -0.141. The Balaban J connectivity index is 1.35. The minimum atomic E-state index is -4.77. The number of aryl methyl sites for hydroxylation is 1. The van der Waals surface area contributed by atoms with Crippen molar-refractivity contribution >= 4 is 40.2 Å². The number of Topliss-reactive ketones (excluding diaryl/α,β-unsaturated/α-hetero) is 1. The van der Waals surface area contributed by atoms with Gasteiger partial charge >= 0.3 is 6.18 Å². The maximum Gasteiger partial charge on any atom is 0.433 e. The van der Waals surface area contributed by atoms with Crippen LogP contribution in [0.15, 0.2) is 36.8 Å². The molecule has 2 bridgehead atoms. The first-order chi connectivity index (χ1) is 25.0. The van der Waals surface area contributed by atoms with Gasteiger partial charge in [-0.3, -0.25) is 28.8 Å². The average molecular weight is 736 g/mol. The van der Waals surface area contributed by atoms with E-state index in [1.54, 1.807) is 32.3 Å². The zero-order valence-electron chi connectivity index (χ0n) is 30.0. The van der Waals surface area contributed by atoms with Crippen LogP contribution >= 0.6 is 0 Å². The Morgan fingerprint density at radius 3 is 2.53 bits per heavy atom. The molecule has 4 aromatic rings. The van der Waals surface area contributed by atoms with Crippen molar-refractivity contribution in [2.75, 3.05) is 18.5 Å². The molecule has 3 amide bonds. The van der Waals surface area contributed by atoms with Crippen LogP contribution in [0.5, 0.6) is 0 Å². The van der Waals surface area contributed by atoms with E-state index in [9.17, 15) is 32.3 Å². The third-order valence-electron chi connectivity index (χ3n) is 9.90. The third-order valence-corrected chi connectivity index (χ3v) is 9.90. The second-order valence-electron chi connectivity index (χ2n) is 14.2. The molecule has 6 rings (SSSR count). The molecule has 3 atom stereocenters. The summed E-state index contributed by atoms with van der Waals surface area (Å²) >= 11 is 0. The number of hydrogen-bond acceptors (Lipinski definition) is 10. The van der Waals surface area contributed by atoms with E-state index < -0.39 is 41.2 Å². The van der Waals surface area contributed by atoms with E-state index in [2.05, 4.69) is 35.7 Å². The van der Waals surface area contributed by atoms with Gasteiger partial charge in [0.15, 0.2) is 5.78 Å². The van der Waals surface area contributed by atoms with Crippen molar-refractivity contribution in [3.63, 3.8) is 0 Å². The quantitative estimate of drug-likeness (QED) is 0.284. The highest BCUT2D eigenvalue weighted by Gasteiger charge is 2.46. The second-order valence-corrected chi connectivity index (χ2v) is 14.2. The van der Waals surface area contributed by atoms with Crippen LogP contribution in [0.3, 0.4) is 0 Å². The molecule has 0 aliphatic carbocycles. The third kappa shape index (κ3) is 7.89. The number of alkyl halides is 3. The summed E-state index contributed by atoms with van der Waals surface area (Å²) in [6.45, 7) is 8.32. The molecule has 14 nitrogen and oxygen atoms in total. The van der Waals surface area contributed by atoms with Crippen LogP contribution in [0.4, 0.5) is 19.0 Å². The smallest absolute Gasteiger partial charge is 0.377 e. The highest BCUT2D eigenvalue weighted by Crippen LogP contribution is 2.34. The number of ketones is 1. The average Bonchev–Trinajstić information content (AvgIpc) is 3.63. The Morgan fingerprint density at radius 2 is 1.83 bits per heavy atom. The molecule has 1 fully saturated rings. The number of fused-ring (bicyclic) bond motifs is 4. The van der Waals surface area contributed by atoms with Crippen molar-refractivity contribution in [3.05, 3.63) is 59.6 Å². The summed E-state index contributed by atoms with van der Waals surface area (Å²) in [5.41, 5.74) is -0.122. The van der Waals surface area contributed by atoms with E-state index in [0.717, 1.165) is 6.07 Å². The lowest BCUT2D eigenvalue weighted by Crippen LogP contribution is -2.48. The van der Waals surface area contributed by atoms with Crippen molar-refractivity contribution in [1.82, 2.24) is 39.9 Å². The summed E-state index contributed by atoms with van der Waals surface area (Å²) in [5, 5.41) is 10.4. The maximum absolute atomic E-state index is 14.3. The number of amides is 3. The fourth-order valence-electron chi connectivity index (χ4n) is 6.79. The topological polar surface area (TPSA) is 174 Å². The van der Waals surface area contributed by atoms with Crippen LogP contribution < -0.4 is 10.6 Å². The lowest BCUT2D eigenvalue weighted by atomic mass is 9.86. The highest BCUT2D eigenvalue weighted by molar-refractivity contribution is 6.05. The van der Waals surface area contributed by atoms with E-state index in [1.807, 2.05) is 13.8 Å². The van der Waals surface area contributed by atoms with Crippen LogP contribution in [0.2, 0.25) is 0 Å². The number of likely N-dealkylation sites (tertiary alicyclic amines) is 1. The zero-order valence-corrected chi connectivity index (χ0v) is 30.0. The Labute approximate surface area is 302 Å². The van der Waals surface area contributed by atoms with Crippen LogP contribution in [-0.4, -0.2) is 83.4 Å². The zero-order chi connectivity index (χ0) is 38.2. The van der Waals surface area contributed by atoms with E-state index in [0.29, 0.717) is 40.8 Å². The largest absolute Gasteiger partial charge is 0.433 e. The van der Waals surface area contributed by atoms with Gasteiger partial charge in [-0.25, -0.2) is 15.0 Å². The predicted molar refractivity (Wildman–Crippen MR) is 185 cm³/mol. The molecular weight excluding hydrogens is 695 g/mol. The number of hydrogen-bond donors (Lipinski definition) is 2. The van der Waals surface area contributed by atoms with Gasteiger partial charge in [-0.15, -0.1) is 0 Å². The van der Waals surface area contributed by atoms with Crippen LogP contribution in [-0.2, 0) is 38.4 Å². The van der Waals surface area contributed by atoms with E-state index in [4.69, 9.17) is 4.74 Å². The SMILES string of the molecule is CC(=O)c1nn(CC(=O)N2[C@H](C)[C@H]3CNC(=O)C(C)(C)CCCOCc4ccc(C(F)(F)F)nc4NC(=O)[C@@H]2C3)c2cnc(-c3cnc(C)nc3)cc12. The molecule has 0 unspecified atom stereocenters. The van der Waals surface area contributed by atoms with Gasteiger partial charge in [-0.1, -0.05) is 19.9 Å². The number of aromatic nitrogens is 6. The molecule has 6 heterocycles. The fourth-order valence-corrected chi connectivity index (χ4v) is 6.79. The maximum atomic E-state index is 14.3. The Morgan fingerprint density at radius 1 is 1.09 bits per heavy atom. The molecule has 2 N–H and O–H groups in total. The summed E-state index contributed by atoms with van der Waals surface area (Å²) < 4.78 is 48.2. The molecule has 0 radical (unpaired) electrons. The Bertz CT molecular complexity index is 2070. The number of ether oxygens (including phenoxy) is 1. The molecule has 53 heavy (non-hydrogen) atoms. The Hall–Kier alpha value is -5.32. The highest BCUT2D eigenvalue weighted by atomic mass is 19.4. The van der Waals surface area contributed by atoms with Gasteiger partial charge in [0.1, 0.15) is 35.6 Å². The number of rotatable bonds is 4. The van der Waals surface area contributed by atoms with Gasteiger partial charge in [0.25, 0.3) is 0 Å². The summed E-state index contributed by atoms with van der Waals surface area (Å²) in [7, 11) is 0. The Kier molecular flexibility index (Phi) is 10.3. The minimum Gasteiger partial charge on any atom is -0.377 e. The van der Waals surface area contributed by atoms with Crippen molar-refractivity contribution in [3.8, 4) is 11.3 Å². The molecule has 280 valence electrons. The number of pyridine rings is 2. The monoisotopic (exact) mass is 735 g/mol. The number of halogens is 3. The van der Waals surface area contributed by atoms with Crippen molar-refractivity contribution < 1.29 is 37.1 Å². The summed E-state index contributed by atoms with van der Waals surface area (Å²) in [4.78, 5) is 72.3. The molecule has 4 aromatic heterocycles. The van der Waals surface area contributed by atoms with Crippen LogP contribution in [0, 0.1) is 18.3 Å². The van der Waals surface area contributed by atoms with Crippen LogP contribution in [0.25, 0.3) is 22.2 Å². The molecule has 2 aliphatic heterocycles. The van der Waals surface area contributed by atoms with Crippen LogP contribution in [0.1, 0.15) is 74.5 Å². The summed E-state index contributed by atoms with van der Waals surface area (Å²) in [6, 6.07) is 1.96. The first kappa shape index (κ1) is 37.4. The number of carbonyl (C=O) groups excluding carboxylic acids is 4. The van der Waals surface area contributed by atoms with Crippen molar-refractivity contribution in [2.24, 2.45) is 11.3 Å². The minimum absolute atomic E-state index is 0.104. The lowest BCUT2D eigenvalue weighted by Gasteiger charge is -2.29. The van der Waals surface area contributed by atoms with Crippen molar-refractivity contribution in [2.45, 2.75) is 85.3 Å². The first-order valence-electron chi connectivity index (χ1n) is 17.2. The molecule has 0 spiro atoms. The number of nitrogens with one attached hydrogen (secondary N) is 2. The molecular formula is C36H40F3N9O5. The first-order valence-corrected chi connectivity index (χ1v) is 17.2. The molecule has 2 aliphatic rings.